The van der Waals surface area contributed by atoms with Gasteiger partial charge in [-0.2, -0.15) is 0 Å². The van der Waals surface area contributed by atoms with E-state index in [-0.39, 0.29) is 5.41 Å². The van der Waals surface area contributed by atoms with E-state index in [1.807, 2.05) is 12.1 Å². The van der Waals surface area contributed by atoms with Gasteiger partial charge in [0.15, 0.2) is 0 Å². The van der Waals surface area contributed by atoms with Gasteiger partial charge < -0.3 is 9.67 Å². The fourth-order valence-corrected chi connectivity index (χ4v) is 4.30. The minimum atomic E-state index is -0.909. The monoisotopic (exact) mass is 342 g/mol. The molecule has 24 heavy (non-hydrogen) atoms. The molecule has 2 heterocycles. The zero-order valence-electron chi connectivity index (χ0n) is 14.7. The van der Waals surface area contributed by atoms with Crippen molar-refractivity contribution in [2.24, 2.45) is 0 Å². The lowest BCUT2D eigenvalue weighted by Gasteiger charge is -2.23. The van der Waals surface area contributed by atoms with Crippen molar-refractivity contribution in [3.05, 3.63) is 40.5 Å². The molecule has 0 bridgehead atoms. The molecule has 3 rings (SSSR count). The Kier molecular flexibility index (Phi) is 4.00. The average Bonchev–Trinajstić information content (AvgIpc) is 3.04. The lowest BCUT2D eigenvalue weighted by Crippen LogP contribution is -2.18. The van der Waals surface area contributed by atoms with E-state index < -0.39 is 5.97 Å². The van der Waals surface area contributed by atoms with Crippen LogP contribution in [0.1, 0.15) is 48.8 Å². The third kappa shape index (κ3) is 2.53. The lowest BCUT2D eigenvalue weighted by atomic mass is 9.88. The Morgan fingerprint density at radius 2 is 1.96 bits per heavy atom. The number of aryl methyl sites for hydroxylation is 2. The van der Waals surface area contributed by atoms with Crippen LogP contribution in [0.3, 0.4) is 0 Å². The number of thiazole rings is 1. The zero-order valence-corrected chi connectivity index (χ0v) is 15.5. The maximum Gasteiger partial charge on any atom is 0.347 e. The molecule has 3 aromatic rings. The highest BCUT2D eigenvalue weighted by atomic mass is 32.1. The van der Waals surface area contributed by atoms with Crippen molar-refractivity contribution >= 4 is 28.2 Å². The largest absolute Gasteiger partial charge is 0.477 e. The number of aromatic carboxylic acids is 1. The molecule has 0 aliphatic heterocycles. The van der Waals surface area contributed by atoms with Gasteiger partial charge in [0, 0.05) is 34.1 Å². The molecule has 0 aliphatic carbocycles. The van der Waals surface area contributed by atoms with Gasteiger partial charge in [0.2, 0.25) is 0 Å². The Bertz CT molecular complexity index is 929. The fourth-order valence-electron chi connectivity index (χ4n) is 3.33. The van der Waals surface area contributed by atoms with Gasteiger partial charge in [-0.3, -0.25) is 0 Å². The van der Waals surface area contributed by atoms with E-state index in [9.17, 15) is 9.90 Å². The van der Waals surface area contributed by atoms with Crippen molar-refractivity contribution in [2.45, 2.75) is 46.6 Å². The summed E-state index contributed by atoms with van der Waals surface area (Å²) in [6.45, 7) is 11.3. The van der Waals surface area contributed by atoms with Crippen molar-refractivity contribution in [1.82, 2.24) is 9.55 Å². The Morgan fingerprint density at radius 3 is 2.50 bits per heavy atom. The van der Waals surface area contributed by atoms with Gasteiger partial charge in [0.25, 0.3) is 0 Å². The van der Waals surface area contributed by atoms with E-state index in [2.05, 4.69) is 49.4 Å². The second-order valence-corrected chi connectivity index (χ2v) is 7.97. The van der Waals surface area contributed by atoms with Crippen LogP contribution >= 0.6 is 11.3 Å². The van der Waals surface area contributed by atoms with Gasteiger partial charge in [-0.25, -0.2) is 9.78 Å². The molecule has 0 saturated heterocycles. The van der Waals surface area contributed by atoms with E-state index in [0.29, 0.717) is 10.6 Å². The number of para-hydroxylation sites is 1. The van der Waals surface area contributed by atoms with E-state index in [0.717, 1.165) is 22.5 Å². The van der Waals surface area contributed by atoms with Crippen LogP contribution in [0.15, 0.2) is 24.3 Å². The number of hydrogen-bond donors (Lipinski definition) is 1. The maximum atomic E-state index is 11.4. The first-order valence-electron chi connectivity index (χ1n) is 8.08. The third-order valence-corrected chi connectivity index (χ3v) is 5.37. The smallest absolute Gasteiger partial charge is 0.347 e. The summed E-state index contributed by atoms with van der Waals surface area (Å²) in [4.78, 5) is 16.4. The molecule has 0 saturated carbocycles. The van der Waals surface area contributed by atoms with Crippen molar-refractivity contribution in [3.8, 4) is 10.6 Å². The molecule has 0 radical (unpaired) electrons. The number of nitrogens with zero attached hydrogens (tertiary/aromatic N) is 2. The van der Waals surface area contributed by atoms with Crippen molar-refractivity contribution in [2.75, 3.05) is 0 Å². The first kappa shape index (κ1) is 16.7. The topological polar surface area (TPSA) is 55.1 Å². The van der Waals surface area contributed by atoms with Gasteiger partial charge in [0.05, 0.1) is 5.69 Å². The summed E-state index contributed by atoms with van der Waals surface area (Å²) in [6.07, 6.45) is 0. The minimum absolute atomic E-state index is 0.0761. The molecule has 0 spiro atoms. The summed E-state index contributed by atoms with van der Waals surface area (Å²) in [5.41, 5.74) is 3.95. The van der Waals surface area contributed by atoms with Crippen LogP contribution in [0, 0.1) is 6.92 Å². The molecule has 5 heteroatoms. The second-order valence-electron chi connectivity index (χ2n) is 6.97. The summed E-state index contributed by atoms with van der Waals surface area (Å²) in [6, 6.07) is 8.29. The van der Waals surface area contributed by atoms with Crippen LogP contribution in [0.2, 0.25) is 0 Å². The maximum absolute atomic E-state index is 11.4. The summed E-state index contributed by atoms with van der Waals surface area (Å²) in [7, 11) is 0. The van der Waals surface area contributed by atoms with Crippen LogP contribution in [-0.4, -0.2) is 20.6 Å². The molecule has 0 aliphatic rings. The molecule has 1 N–H and O–H groups in total. The molecular weight excluding hydrogens is 320 g/mol. The van der Waals surface area contributed by atoms with Crippen molar-refractivity contribution in [3.63, 3.8) is 0 Å². The number of carboxylic acid groups (broad SMARTS) is 1. The van der Waals surface area contributed by atoms with Gasteiger partial charge in [-0.05, 0) is 19.9 Å². The van der Waals surface area contributed by atoms with Crippen LogP contribution in [0.5, 0.6) is 0 Å². The van der Waals surface area contributed by atoms with Crippen molar-refractivity contribution < 1.29 is 9.90 Å². The van der Waals surface area contributed by atoms with Gasteiger partial charge in [-0.15, -0.1) is 11.3 Å². The van der Waals surface area contributed by atoms with E-state index >= 15 is 0 Å². The number of carbonyl (C=O) groups is 1. The Morgan fingerprint density at radius 1 is 1.29 bits per heavy atom. The van der Waals surface area contributed by atoms with Gasteiger partial charge in [-0.1, -0.05) is 39.0 Å². The predicted octanol–water partition coefficient (Wildman–Crippen LogP) is 5.09. The first-order chi connectivity index (χ1) is 11.3. The predicted molar refractivity (Wildman–Crippen MR) is 99.1 cm³/mol. The SMILES string of the molecule is CCn1c(C(C)(C)C)c(-c2nc(C)c(C(=O)O)s2)c2ccccc21. The highest BCUT2D eigenvalue weighted by molar-refractivity contribution is 7.17. The Balaban J connectivity index is 2.43. The quantitative estimate of drug-likeness (QED) is 0.721. The number of fused-ring (bicyclic) bond motifs is 1. The lowest BCUT2D eigenvalue weighted by molar-refractivity contribution is 0.0701. The van der Waals surface area contributed by atoms with Crippen molar-refractivity contribution in [1.29, 1.82) is 0 Å². The highest BCUT2D eigenvalue weighted by Crippen LogP contribution is 2.42. The van der Waals surface area contributed by atoms with Gasteiger partial charge >= 0.3 is 5.97 Å². The van der Waals surface area contributed by atoms with Crippen LogP contribution in [0.25, 0.3) is 21.5 Å². The summed E-state index contributed by atoms with van der Waals surface area (Å²) >= 11 is 1.27. The van der Waals surface area contributed by atoms with E-state index in [4.69, 9.17) is 0 Å². The summed E-state index contributed by atoms with van der Waals surface area (Å²) in [5.74, 6) is -0.909. The molecular formula is C19H22N2O2S. The number of benzene rings is 1. The van der Waals surface area contributed by atoms with E-state index in [1.165, 1.54) is 22.5 Å². The molecule has 126 valence electrons. The molecule has 1 aromatic carbocycles. The fraction of sp³-hybridized carbons (Fsp3) is 0.368. The molecule has 0 unspecified atom stereocenters. The third-order valence-electron chi connectivity index (χ3n) is 4.20. The Labute approximate surface area is 145 Å². The minimum Gasteiger partial charge on any atom is -0.477 e. The normalized spacial score (nSPS) is 12.0. The zero-order chi connectivity index (χ0) is 17.6. The number of carboxylic acids is 1. The van der Waals surface area contributed by atoms with Crippen LogP contribution in [0.4, 0.5) is 0 Å². The molecule has 4 nitrogen and oxygen atoms in total. The van der Waals surface area contributed by atoms with Crippen LogP contribution < -0.4 is 0 Å². The van der Waals surface area contributed by atoms with E-state index in [1.54, 1.807) is 6.92 Å². The summed E-state index contributed by atoms with van der Waals surface area (Å²) in [5, 5.41) is 11.3. The number of hydrogen-bond acceptors (Lipinski definition) is 3. The Hall–Kier alpha value is -2.14. The number of aromatic nitrogens is 2. The first-order valence-corrected chi connectivity index (χ1v) is 8.90. The second kappa shape index (κ2) is 5.74. The number of rotatable bonds is 3. The molecule has 2 aromatic heterocycles. The standard InChI is InChI=1S/C19H22N2O2S/c1-6-21-13-10-8-7-9-12(13)14(16(21)19(3,4)5)17-20-11(2)15(24-17)18(22)23/h7-10H,6H2,1-5H3,(H,22,23). The molecule has 0 fully saturated rings. The van der Waals surface area contributed by atoms with Gasteiger partial charge in [0.1, 0.15) is 9.88 Å². The summed E-state index contributed by atoms with van der Waals surface area (Å²) < 4.78 is 2.32. The molecule has 0 amide bonds. The molecule has 0 atom stereocenters. The average molecular weight is 342 g/mol. The highest BCUT2D eigenvalue weighted by Gasteiger charge is 2.29. The van der Waals surface area contributed by atoms with Crippen LogP contribution in [-0.2, 0) is 12.0 Å².